The van der Waals surface area contributed by atoms with Gasteiger partial charge in [-0.1, -0.05) is 0 Å². The van der Waals surface area contributed by atoms with Crippen molar-refractivity contribution >= 4 is 22.4 Å². The number of nitrogens with zero attached hydrogens (tertiary/aromatic N) is 5. The Morgan fingerprint density at radius 1 is 1.21 bits per heavy atom. The molecule has 3 heterocycles. The van der Waals surface area contributed by atoms with Gasteiger partial charge in [-0.25, -0.2) is 8.42 Å². The van der Waals surface area contributed by atoms with E-state index >= 15 is 0 Å². The number of nitrogens with one attached hydrogen (secondary N) is 1. The van der Waals surface area contributed by atoms with E-state index in [-0.39, 0.29) is 23.2 Å². The first-order valence-electron chi connectivity index (χ1n) is 9.14. The molecule has 0 saturated carbocycles. The quantitative estimate of drug-likeness (QED) is 0.804. The number of hydrogen-bond acceptors (Lipinski definition) is 6. The van der Waals surface area contributed by atoms with Gasteiger partial charge in [0.25, 0.3) is 0 Å². The Labute approximate surface area is 171 Å². The van der Waals surface area contributed by atoms with Gasteiger partial charge in [0.15, 0.2) is 0 Å². The zero-order valence-electron chi connectivity index (χ0n) is 15.6. The summed E-state index contributed by atoms with van der Waals surface area (Å²) in [4.78, 5) is 0.253. The molecule has 0 spiro atoms. The molecule has 2 aromatic rings. The molecule has 1 N–H and O–H groups in total. The zero-order chi connectivity index (χ0) is 19.0. The third kappa shape index (κ3) is 3.65. The lowest BCUT2D eigenvalue weighted by atomic mass is 9.97. The van der Waals surface area contributed by atoms with Crippen LogP contribution in [0.1, 0.15) is 41.5 Å². The molecule has 1 fully saturated rings. The molecule has 4 rings (SSSR count). The summed E-state index contributed by atoms with van der Waals surface area (Å²) in [6.07, 6.45) is 1.47. The second-order valence-electron chi connectivity index (χ2n) is 7.07. The number of rotatable bonds is 3. The third-order valence-corrected chi connectivity index (χ3v) is 7.32. The van der Waals surface area contributed by atoms with E-state index in [0.717, 1.165) is 44.1 Å². The van der Waals surface area contributed by atoms with Crippen molar-refractivity contribution in [3.63, 3.8) is 0 Å². The Morgan fingerprint density at radius 2 is 1.96 bits per heavy atom. The molecule has 0 amide bonds. The maximum atomic E-state index is 13.0. The average molecular weight is 423 g/mol. The van der Waals surface area contributed by atoms with Crippen molar-refractivity contribution in [2.75, 3.05) is 19.6 Å². The van der Waals surface area contributed by atoms with Crippen LogP contribution in [0.15, 0.2) is 23.1 Å². The van der Waals surface area contributed by atoms with E-state index in [4.69, 9.17) is 5.26 Å². The maximum Gasteiger partial charge on any atom is 0.243 e. The average Bonchev–Trinajstić information content (AvgIpc) is 3.12. The fourth-order valence-electron chi connectivity index (χ4n) is 3.84. The van der Waals surface area contributed by atoms with Crippen LogP contribution in [0.3, 0.4) is 0 Å². The molecule has 1 aromatic heterocycles. The first-order valence-corrected chi connectivity index (χ1v) is 10.6. The van der Waals surface area contributed by atoms with Gasteiger partial charge in [-0.15, -0.1) is 22.6 Å². The van der Waals surface area contributed by atoms with Crippen molar-refractivity contribution in [2.45, 2.75) is 43.7 Å². The lowest BCUT2D eigenvalue weighted by Crippen LogP contribution is -2.38. The molecule has 0 unspecified atom stereocenters. The molecule has 0 aliphatic carbocycles. The molecule has 0 atom stereocenters. The molecule has 0 bridgehead atoms. The molecular weight excluding hydrogens is 400 g/mol. The predicted octanol–water partition coefficient (Wildman–Crippen LogP) is 1.55. The highest BCUT2D eigenvalue weighted by atomic mass is 35.5. The van der Waals surface area contributed by atoms with Crippen molar-refractivity contribution in [1.29, 1.82) is 5.26 Å². The van der Waals surface area contributed by atoms with E-state index < -0.39 is 10.0 Å². The second kappa shape index (κ2) is 8.17. The van der Waals surface area contributed by atoms with Gasteiger partial charge < -0.3 is 9.88 Å². The van der Waals surface area contributed by atoms with Gasteiger partial charge in [0.2, 0.25) is 10.0 Å². The Kier molecular flexibility index (Phi) is 6.05. The van der Waals surface area contributed by atoms with Gasteiger partial charge >= 0.3 is 0 Å². The van der Waals surface area contributed by atoms with Crippen LogP contribution in [0.2, 0.25) is 0 Å². The first-order chi connectivity index (χ1) is 13.0. The van der Waals surface area contributed by atoms with Crippen LogP contribution < -0.4 is 5.32 Å². The SMILES string of the molecule is Cc1cc(S(=O)(=O)N2CCC(c3nnc4n3CCNC4)CC2)ccc1C#N.Cl. The van der Waals surface area contributed by atoms with Crippen LogP contribution in [0.25, 0.3) is 0 Å². The maximum absolute atomic E-state index is 13.0. The number of aromatic nitrogens is 3. The van der Waals surface area contributed by atoms with E-state index in [2.05, 4.69) is 26.2 Å². The smallest absolute Gasteiger partial charge is 0.243 e. The van der Waals surface area contributed by atoms with E-state index in [1.165, 1.54) is 6.07 Å². The van der Waals surface area contributed by atoms with Gasteiger partial charge in [-0.3, -0.25) is 0 Å². The Hall–Kier alpha value is -1.99. The number of hydrogen-bond donors (Lipinski definition) is 1. The lowest BCUT2D eigenvalue weighted by molar-refractivity contribution is 0.307. The van der Waals surface area contributed by atoms with Crippen LogP contribution in [-0.4, -0.2) is 47.1 Å². The lowest BCUT2D eigenvalue weighted by Gasteiger charge is -2.31. The monoisotopic (exact) mass is 422 g/mol. The van der Waals surface area contributed by atoms with Gasteiger partial charge in [0.05, 0.1) is 23.1 Å². The Balaban J connectivity index is 0.00000225. The minimum atomic E-state index is -3.55. The van der Waals surface area contributed by atoms with Crippen LogP contribution in [0.5, 0.6) is 0 Å². The number of piperidine rings is 1. The molecule has 1 saturated heterocycles. The minimum absolute atomic E-state index is 0. The van der Waals surface area contributed by atoms with Crippen LogP contribution in [-0.2, 0) is 23.1 Å². The normalized spacial score (nSPS) is 18.1. The summed E-state index contributed by atoms with van der Waals surface area (Å²) < 4.78 is 29.6. The van der Waals surface area contributed by atoms with Crippen LogP contribution >= 0.6 is 12.4 Å². The van der Waals surface area contributed by atoms with Crippen molar-refractivity contribution in [2.24, 2.45) is 0 Å². The van der Waals surface area contributed by atoms with E-state index in [1.807, 2.05) is 0 Å². The molecule has 0 radical (unpaired) electrons. The van der Waals surface area contributed by atoms with Gasteiger partial charge in [-0.2, -0.15) is 9.57 Å². The van der Waals surface area contributed by atoms with E-state index in [0.29, 0.717) is 24.2 Å². The zero-order valence-corrected chi connectivity index (χ0v) is 17.3. The molecule has 1 aromatic carbocycles. The molecule has 8 nitrogen and oxygen atoms in total. The number of fused-ring (bicyclic) bond motifs is 1. The first kappa shape index (κ1) is 20.7. The predicted molar refractivity (Wildman–Crippen MR) is 106 cm³/mol. The summed E-state index contributed by atoms with van der Waals surface area (Å²) in [7, 11) is -3.55. The largest absolute Gasteiger partial charge is 0.312 e. The van der Waals surface area contributed by atoms with Gasteiger partial charge in [-0.05, 0) is 43.5 Å². The summed E-state index contributed by atoms with van der Waals surface area (Å²) >= 11 is 0. The molecule has 2 aliphatic rings. The molecule has 2 aliphatic heterocycles. The molecular formula is C18H23ClN6O2S. The highest BCUT2D eigenvalue weighted by molar-refractivity contribution is 7.89. The van der Waals surface area contributed by atoms with E-state index in [1.54, 1.807) is 23.4 Å². The second-order valence-corrected chi connectivity index (χ2v) is 9.01. The molecule has 10 heteroatoms. The highest BCUT2D eigenvalue weighted by Gasteiger charge is 2.32. The van der Waals surface area contributed by atoms with E-state index in [9.17, 15) is 8.42 Å². The minimum Gasteiger partial charge on any atom is -0.312 e. The standard InChI is InChI=1S/C18H22N6O2S.ClH/c1-13-10-16(3-2-15(13)11-19)27(25,26)23-7-4-14(5-8-23)18-22-21-17-12-20-6-9-24(17)18;/h2-3,10,14,20H,4-9,12H2,1H3;1H. The molecule has 28 heavy (non-hydrogen) atoms. The summed E-state index contributed by atoms with van der Waals surface area (Å²) in [5.41, 5.74) is 1.18. The van der Waals surface area contributed by atoms with Crippen LogP contribution in [0, 0.1) is 18.3 Å². The summed E-state index contributed by atoms with van der Waals surface area (Å²) in [5, 5.41) is 21.0. The Morgan fingerprint density at radius 3 is 2.64 bits per heavy atom. The third-order valence-electron chi connectivity index (χ3n) is 5.43. The fraction of sp³-hybridized carbons (Fsp3) is 0.500. The number of aryl methyl sites for hydroxylation is 1. The Bertz CT molecular complexity index is 1010. The topological polar surface area (TPSA) is 104 Å². The van der Waals surface area contributed by atoms with Gasteiger partial charge in [0, 0.05) is 32.1 Å². The summed E-state index contributed by atoms with van der Waals surface area (Å²) in [5.74, 6) is 2.18. The number of nitriles is 1. The summed E-state index contributed by atoms with van der Waals surface area (Å²) in [6.45, 7) is 5.19. The van der Waals surface area contributed by atoms with Crippen molar-refractivity contribution in [1.82, 2.24) is 24.4 Å². The number of benzene rings is 1. The highest BCUT2D eigenvalue weighted by Crippen LogP contribution is 2.31. The van der Waals surface area contributed by atoms with Crippen molar-refractivity contribution < 1.29 is 8.42 Å². The fourth-order valence-corrected chi connectivity index (χ4v) is 5.40. The van der Waals surface area contributed by atoms with Gasteiger partial charge in [0.1, 0.15) is 11.6 Å². The molecule has 150 valence electrons. The number of sulfonamides is 1. The number of halogens is 1. The van der Waals surface area contributed by atoms with Crippen LogP contribution in [0.4, 0.5) is 0 Å². The summed E-state index contributed by atoms with van der Waals surface area (Å²) in [6, 6.07) is 6.75. The van der Waals surface area contributed by atoms with Crippen molar-refractivity contribution in [3.05, 3.63) is 41.0 Å². The van der Waals surface area contributed by atoms with Crippen molar-refractivity contribution in [3.8, 4) is 6.07 Å².